The van der Waals surface area contributed by atoms with Gasteiger partial charge in [0.25, 0.3) is 0 Å². The molecule has 3 rings (SSSR count). The highest BCUT2D eigenvalue weighted by molar-refractivity contribution is 4.88. The molecule has 0 bridgehead atoms. The highest BCUT2D eigenvalue weighted by Crippen LogP contribution is 2.27. The van der Waals surface area contributed by atoms with E-state index in [1.165, 1.54) is 65.0 Å². The number of hydrogen-bond acceptors (Lipinski definition) is 3. The van der Waals surface area contributed by atoms with Crippen LogP contribution in [0.4, 0.5) is 0 Å². The minimum absolute atomic E-state index is 0.789. The predicted octanol–water partition coefficient (Wildman–Crippen LogP) is 0.518. The summed E-state index contributed by atoms with van der Waals surface area (Å²) in [5, 5.41) is 3.59. The molecule has 0 amide bonds. The lowest BCUT2D eigenvalue weighted by Crippen LogP contribution is -2.50. The molecule has 2 heterocycles. The van der Waals surface area contributed by atoms with Crippen LogP contribution >= 0.6 is 0 Å². The molecule has 2 saturated heterocycles. The Morgan fingerprint density at radius 1 is 1.00 bits per heavy atom. The summed E-state index contributed by atoms with van der Waals surface area (Å²) in [5.74, 6) is 0. The van der Waals surface area contributed by atoms with Gasteiger partial charge in [-0.05, 0) is 32.2 Å². The normalized spacial score (nSPS) is 34.8. The van der Waals surface area contributed by atoms with E-state index in [4.69, 9.17) is 0 Å². The maximum Gasteiger partial charge on any atom is 0.0195 e. The highest BCUT2D eigenvalue weighted by Gasteiger charge is 2.31. The van der Waals surface area contributed by atoms with Gasteiger partial charge < -0.3 is 5.32 Å². The van der Waals surface area contributed by atoms with Gasteiger partial charge in [0.15, 0.2) is 0 Å². The summed E-state index contributed by atoms with van der Waals surface area (Å²) in [7, 11) is 0. The summed E-state index contributed by atoms with van der Waals surface area (Å²) in [4.78, 5) is 5.35. The van der Waals surface area contributed by atoms with Crippen LogP contribution in [0, 0.1) is 0 Å². The molecule has 0 spiro atoms. The van der Waals surface area contributed by atoms with Crippen molar-refractivity contribution in [2.45, 2.75) is 37.8 Å². The van der Waals surface area contributed by atoms with Crippen LogP contribution in [0.3, 0.4) is 0 Å². The standard InChI is InChI=1S/C12H23N3/c1-2-11(13-5-1)10-14-6-8-15(9-7-14)12-3-4-12/h11-13H,1-10H2/t11-/m0/s1. The molecule has 3 heteroatoms. The Kier molecular flexibility index (Phi) is 2.95. The third-order valence-corrected chi connectivity index (χ3v) is 4.11. The first kappa shape index (κ1) is 10.1. The van der Waals surface area contributed by atoms with Crippen molar-refractivity contribution < 1.29 is 0 Å². The molecule has 1 aliphatic carbocycles. The minimum Gasteiger partial charge on any atom is -0.313 e. The Labute approximate surface area is 92.8 Å². The average molecular weight is 209 g/mol. The number of hydrogen-bond donors (Lipinski definition) is 1. The topological polar surface area (TPSA) is 18.5 Å². The zero-order chi connectivity index (χ0) is 10.1. The van der Waals surface area contributed by atoms with Crippen LogP contribution in [0.1, 0.15) is 25.7 Å². The third-order valence-electron chi connectivity index (χ3n) is 4.11. The molecule has 0 unspecified atom stereocenters. The van der Waals surface area contributed by atoms with Crippen LogP contribution in [0.2, 0.25) is 0 Å². The minimum atomic E-state index is 0.789. The van der Waals surface area contributed by atoms with Crippen molar-refractivity contribution in [1.29, 1.82) is 0 Å². The Hall–Kier alpha value is -0.120. The molecule has 0 radical (unpaired) electrons. The Bertz CT molecular complexity index is 201. The average Bonchev–Trinajstić information content (AvgIpc) is 2.99. The summed E-state index contributed by atoms with van der Waals surface area (Å²) in [5.41, 5.74) is 0. The van der Waals surface area contributed by atoms with E-state index in [2.05, 4.69) is 15.1 Å². The van der Waals surface area contributed by atoms with Crippen molar-refractivity contribution in [2.75, 3.05) is 39.3 Å². The van der Waals surface area contributed by atoms with Crippen molar-refractivity contribution in [2.24, 2.45) is 0 Å². The van der Waals surface area contributed by atoms with E-state index < -0.39 is 0 Å². The summed E-state index contributed by atoms with van der Waals surface area (Å²) >= 11 is 0. The van der Waals surface area contributed by atoms with Crippen LogP contribution in [0.25, 0.3) is 0 Å². The van der Waals surface area contributed by atoms with Gasteiger partial charge in [0.1, 0.15) is 0 Å². The molecule has 0 aromatic carbocycles. The van der Waals surface area contributed by atoms with Crippen molar-refractivity contribution in [3.8, 4) is 0 Å². The second kappa shape index (κ2) is 4.40. The number of rotatable bonds is 3. The van der Waals surface area contributed by atoms with Gasteiger partial charge in [-0.25, -0.2) is 0 Å². The van der Waals surface area contributed by atoms with Crippen molar-refractivity contribution >= 4 is 0 Å². The lowest BCUT2D eigenvalue weighted by molar-refractivity contribution is 0.119. The van der Waals surface area contributed by atoms with Gasteiger partial charge in [-0.3, -0.25) is 9.80 Å². The van der Waals surface area contributed by atoms with E-state index in [9.17, 15) is 0 Å². The molecular weight excluding hydrogens is 186 g/mol. The van der Waals surface area contributed by atoms with E-state index in [0.717, 1.165) is 12.1 Å². The lowest BCUT2D eigenvalue weighted by atomic mass is 10.2. The molecule has 0 aromatic rings. The van der Waals surface area contributed by atoms with Crippen LogP contribution in [0.5, 0.6) is 0 Å². The van der Waals surface area contributed by atoms with Crippen LogP contribution < -0.4 is 5.32 Å². The maximum absolute atomic E-state index is 3.59. The van der Waals surface area contributed by atoms with Gasteiger partial charge in [0.05, 0.1) is 0 Å². The van der Waals surface area contributed by atoms with E-state index in [1.807, 2.05) is 0 Å². The molecule has 1 saturated carbocycles. The molecule has 1 atom stereocenters. The van der Waals surface area contributed by atoms with Gasteiger partial charge >= 0.3 is 0 Å². The van der Waals surface area contributed by atoms with E-state index in [0.29, 0.717) is 0 Å². The number of nitrogens with zero attached hydrogens (tertiary/aromatic N) is 2. The molecule has 0 aromatic heterocycles. The fourth-order valence-corrected chi connectivity index (χ4v) is 2.97. The number of nitrogens with one attached hydrogen (secondary N) is 1. The van der Waals surface area contributed by atoms with Crippen molar-refractivity contribution in [3.63, 3.8) is 0 Å². The van der Waals surface area contributed by atoms with Gasteiger partial charge in [0.2, 0.25) is 0 Å². The van der Waals surface area contributed by atoms with Gasteiger partial charge in [0, 0.05) is 44.8 Å². The second-order valence-corrected chi connectivity index (χ2v) is 5.36. The van der Waals surface area contributed by atoms with E-state index in [-0.39, 0.29) is 0 Å². The molecule has 1 N–H and O–H groups in total. The second-order valence-electron chi connectivity index (χ2n) is 5.36. The SMILES string of the molecule is C1CN[C@H](CN2CCN(C3CC3)CC2)C1. The zero-order valence-electron chi connectivity index (χ0n) is 9.62. The van der Waals surface area contributed by atoms with Crippen LogP contribution in [0.15, 0.2) is 0 Å². The Morgan fingerprint density at radius 2 is 1.80 bits per heavy atom. The summed E-state index contributed by atoms with van der Waals surface area (Å²) < 4.78 is 0. The fraction of sp³-hybridized carbons (Fsp3) is 1.00. The maximum atomic E-state index is 3.59. The first-order valence-corrected chi connectivity index (χ1v) is 6.61. The summed E-state index contributed by atoms with van der Waals surface area (Å²) in [6.45, 7) is 7.77. The van der Waals surface area contributed by atoms with Crippen LogP contribution in [-0.4, -0.2) is 61.2 Å². The summed E-state index contributed by atoms with van der Waals surface area (Å²) in [6.07, 6.45) is 5.70. The monoisotopic (exact) mass is 209 g/mol. The van der Waals surface area contributed by atoms with Gasteiger partial charge in [-0.15, -0.1) is 0 Å². The Balaban J connectivity index is 1.40. The van der Waals surface area contributed by atoms with Crippen molar-refractivity contribution in [1.82, 2.24) is 15.1 Å². The molecule has 86 valence electrons. The molecule has 15 heavy (non-hydrogen) atoms. The van der Waals surface area contributed by atoms with Crippen molar-refractivity contribution in [3.05, 3.63) is 0 Å². The predicted molar refractivity (Wildman–Crippen MR) is 62.1 cm³/mol. The first-order valence-electron chi connectivity index (χ1n) is 6.61. The first-order chi connectivity index (χ1) is 7.42. The van der Waals surface area contributed by atoms with Crippen LogP contribution in [-0.2, 0) is 0 Å². The van der Waals surface area contributed by atoms with Gasteiger partial charge in [-0.1, -0.05) is 0 Å². The molecular formula is C12H23N3. The Morgan fingerprint density at radius 3 is 2.40 bits per heavy atom. The summed E-state index contributed by atoms with van der Waals surface area (Å²) in [6, 6.07) is 1.76. The third kappa shape index (κ3) is 2.52. The molecule has 3 aliphatic rings. The molecule has 2 aliphatic heterocycles. The van der Waals surface area contributed by atoms with Gasteiger partial charge in [-0.2, -0.15) is 0 Å². The molecule has 3 nitrogen and oxygen atoms in total. The number of piperazine rings is 1. The lowest BCUT2D eigenvalue weighted by Gasteiger charge is -2.36. The quantitative estimate of drug-likeness (QED) is 0.731. The largest absolute Gasteiger partial charge is 0.313 e. The fourth-order valence-electron chi connectivity index (χ4n) is 2.97. The van der Waals surface area contributed by atoms with E-state index in [1.54, 1.807) is 0 Å². The zero-order valence-corrected chi connectivity index (χ0v) is 9.62. The smallest absolute Gasteiger partial charge is 0.0195 e. The highest BCUT2D eigenvalue weighted by atomic mass is 15.3. The molecule has 3 fully saturated rings. The van der Waals surface area contributed by atoms with E-state index >= 15 is 0 Å².